The van der Waals surface area contributed by atoms with Gasteiger partial charge in [0.05, 0.1) is 11.4 Å². The molecular formula is C18H22N2. The first-order valence-electron chi connectivity index (χ1n) is 7.38. The predicted octanol–water partition coefficient (Wildman–Crippen LogP) is 4.13. The number of rotatable bonds is 2. The molecule has 0 fully saturated rings. The molecule has 0 bridgehead atoms. The van der Waals surface area contributed by atoms with E-state index in [1.54, 1.807) is 0 Å². The molecule has 20 heavy (non-hydrogen) atoms. The molecule has 2 nitrogen and oxygen atoms in total. The Balaban J connectivity index is 1.92. The van der Waals surface area contributed by atoms with Crippen LogP contribution >= 0.6 is 0 Å². The van der Waals surface area contributed by atoms with E-state index >= 15 is 0 Å². The molecule has 0 atom stereocenters. The fourth-order valence-electron chi connectivity index (χ4n) is 2.85. The molecule has 1 heterocycles. The van der Waals surface area contributed by atoms with E-state index in [0.29, 0.717) is 0 Å². The van der Waals surface area contributed by atoms with Gasteiger partial charge in [0.25, 0.3) is 0 Å². The minimum absolute atomic E-state index is 0.992. The molecule has 0 spiro atoms. The molecule has 3 rings (SSSR count). The minimum Gasteiger partial charge on any atom is -0.383 e. The van der Waals surface area contributed by atoms with Crippen molar-refractivity contribution in [2.45, 2.75) is 26.8 Å². The Hall–Kier alpha value is -1.96. The standard InChI is InChI=1S/C18H22N2/c1-14-8-9-15(2)16(12-14)13-20-11-5-10-19-17-6-3-4-7-18(17)20/h3-4,6-9,12,19H,5,10-11,13H2,1-2H3. The Morgan fingerprint density at radius 3 is 2.85 bits per heavy atom. The Kier molecular flexibility index (Phi) is 3.64. The summed E-state index contributed by atoms with van der Waals surface area (Å²) in [5.74, 6) is 0. The summed E-state index contributed by atoms with van der Waals surface area (Å²) in [6.45, 7) is 7.53. The highest BCUT2D eigenvalue weighted by molar-refractivity contribution is 5.70. The largest absolute Gasteiger partial charge is 0.383 e. The zero-order valence-corrected chi connectivity index (χ0v) is 12.3. The SMILES string of the molecule is Cc1ccc(C)c(CN2CCCNc3ccccc32)c1. The topological polar surface area (TPSA) is 15.3 Å². The second-order valence-electron chi connectivity index (χ2n) is 5.65. The average Bonchev–Trinajstić information content (AvgIpc) is 2.66. The first kappa shape index (κ1) is 13.0. The van der Waals surface area contributed by atoms with E-state index in [2.05, 4.69) is 66.5 Å². The average molecular weight is 266 g/mol. The normalized spacial score (nSPS) is 14.4. The van der Waals surface area contributed by atoms with Crippen molar-refractivity contribution >= 4 is 11.4 Å². The molecule has 2 aromatic rings. The Morgan fingerprint density at radius 1 is 1.10 bits per heavy atom. The number of para-hydroxylation sites is 2. The van der Waals surface area contributed by atoms with Gasteiger partial charge in [-0.1, -0.05) is 35.9 Å². The highest BCUT2D eigenvalue weighted by atomic mass is 15.2. The summed E-state index contributed by atoms with van der Waals surface area (Å²) in [5.41, 5.74) is 6.74. The predicted molar refractivity (Wildman–Crippen MR) is 86.5 cm³/mol. The summed E-state index contributed by atoms with van der Waals surface area (Å²) in [6.07, 6.45) is 1.18. The fourth-order valence-corrected chi connectivity index (χ4v) is 2.85. The summed E-state index contributed by atoms with van der Waals surface area (Å²) in [4.78, 5) is 2.50. The molecule has 1 N–H and O–H groups in total. The van der Waals surface area contributed by atoms with E-state index in [1.165, 1.54) is 34.5 Å². The summed E-state index contributed by atoms with van der Waals surface area (Å²) in [6, 6.07) is 15.4. The molecule has 2 heteroatoms. The summed E-state index contributed by atoms with van der Waals surface area (Å²) >= 11 is 0. The number of fused-ring (bicyclic) bond motifs is 1. The maximum absolute atomic E-state index is 3.53. The monoisotopic (exact) mass is 266 g/mol. The van der Waals surface area contributed by atoms with Gasteiger partial charge in [-0.25, -0.2) is 0 Å². The van der Waals surface area contributed by atoms with Gasteiger partial charge in [0, 0.05) is 19.6 Å². The van der Waals surface area contributed by atoms with Gasteiger partial charge in [0.2, 0.25) is 0 Å². The number of hydrogen-bond donors (Lipinski definition) is 1. The third-order valence-corrected chi connectivity index (χ3v) is 4.03. The van der Waals surface area contributed by atoms with Crippen molar-refractivity contribution in [1.29, 1.82) is 0 Å². The Morgan fingerprint density at radius 2 is 1.95 bits per heavy atom. The maximum Gasteiger partial charge on any atom is 0.0605 e. The van der Waals surface area contributed by atoms with Crippen LogP contribution in [0.3, 0.4) is 0 Å². The molecule has 0 aliphatic carbocycles. The zero-order chi connectivity index (χ0) is 13.9. The summed E-state index contributed by atoms with van der Waals surface area (Å²) in [7, 11) is 0. The second kappa shape index (κ2) is 5.58. The van der Waals surface area contributed by atoms with Gasteiger partial charge in [-0.05, 0) is 43.5 Å². The van der Waals surface area contributed by atoms with Crippen molar-refractivity contribution in [3.63, 3.8) is 0 Å². The van der Waals surface area contributed by atoms with Gasteiger partial charge >= 0.3 is 0 Å². The number of benzene rings is 2. The molecule has 1 aliphatic rings. The van der Waals surface area contributed by atoms with Crippen LogP contribution in [0.1, 0.15) is 23.1 Å². The molecule has 0 radical (unpaired) electrons. The Bertz CT molecular complexity index is 604. The van der Waals surface area contributed by atoms with Gasteiger partial charge in [0.1, 0.15) is 0 Å². The minimum atomic E-state index is 0.992. The zero-order valence-electron chi connectivity index (χ0n) is 12.3. The van der Waals surface area contributed by atoms with Crippen LogP contribution in [0.25, 0.3) is 0 Å². The number of nitrogens with zero attached hydrogens (tertiary/aromatic N) is 1. The summed E-state index contributed by atoms with van der Waals surface area (Å²) < 4.78 is 0. The molecule has 0 aromatic heterocycles. The molecule has 0 saturated carbocycles. The van der Waals surface area contributed by atoms with Crippen LogP contribution in [0.5, 0.6) is 0 Å². The van der Waals surface area contributed by atoms with Crippen LogP contribution in [0, 0.1) is 13.8 Å². The molecule has 0 unspecified atom stereocenters. The Labute approximate surface area is 121 Å². The molecule has 2 aromatic carbocycles. The van der Waals surface area contributed by atoms with Gasteiger partial charge in [-0.15, -0.1) is 0 Å². The van der Waals surface area contributed by atoms with Crippen molar-refractivity contribution in [3.8, 4) is 0 Å². The van der Waals surface area contributed by atoms with Crippen LogP contribution in [-0.4, -0.2) is 13.1 Å². The number of hydrogen-bond acceptors (Lipinski definition) is 2. The van der Waals surface area contributed by atoms with E-state index in [-0.39, 0.29) is 0 Å². The third kappa shape index (κ3) is 2.64. The van der Waals surface area contributed by atoms with E-state index in [9.17, 15) is 0 Å². The lowest BCUT2D eigenvalue weighted by molar-refractivity contribution is 0.761. The van der Waals surface area contributed by atoms with Crippen molar-refractivity contribution in [3.05, 3.63) is 59.2 Å². The van der Waals surface area contributed by atoms with Crippen molar-refractivity contribution in [1.82, 2.24) is 0 Å². The van der Waals surface area contributed by atoms with Gasteiger partial charge in [0.15, 0.2) is 0 Å². The lowest BCUT2D eigenvalue weighted by Gasteiger charge is -2.25. The van der Waals surface area contributed by atoms with Crippen LogP contribution in [0.2, 0.25) is 0 Å². The molecule has 104 valence electrons. The smallest absolute Gasteiger partial charge is 0.0605 e. The van der Waals surface area contributed by atoms with Gasteiger partial charge < -0.3 is 10.2 Å². The summed E-state index contributed by atoms with van der Waals surface area (Å²) in [5, 5.41) is 3.53. The molecule has 1 aliphatic heterocycles. The number of anilines is 2. The van der Waals surface area contributed by atoms with Crippen molar-refractivity contribution < 1.29 is 0 Å². The second-order valence-corrected chi connectivity index (χ2v) is 5.65. The van der Waals surface area contributed by atoms with E-state index in [0.717, 1.165) is 19.6 Å². The van der Waals surface area contributed by atoms with Crippen LogP contribution in [0.15, 0.2) is 42.5 Å². The number of nitrogens with one attached hydrogen (secondary N) is 1. The van der Waals surface area contributed by atoms with E-state index < -0.39 is 0 Å². The van der Waals surface area contributed by atoms with Crippen LogP contribution in [-0.2, 0) is 6.54 Å². The highest BCUT2D eigenvalue weighted by Gasteiger charge is 2.15. The maximum atomic E-state index is 3.53. The molecular weight excluding hydrogens is 244 g/mol. The van der Waals surface area contributed by atoms with Crippen LogP contribution < -0.4 is 10.2 Å². The first-order valence-corrected chi connectivity index (χ1v) is 7.38. The number of aryl methyl sites for hydroxylation is 2. The van der Waals surface area contributed by atoms with Crippen molar-refractivity contribution in [2.75, 3.05) is 23.3 Å². The highest BCUT2D eigenvalue weighted by Crippen LogP contribution is 2.29. The molecule has 0 saturated heterocycles. The van der Waals surface area contributed by atoms with Gasteiger partial charge in [-0.3, -0.25) is 0 Å². The van der Waals surface area contributed by atoms with Crippen molar-refractivity contribution in [2.24, 2.45) is 0 Å². The van der Waals surface area contributed by atoms with Crippen LogP contribution in [0.4, 0.5) is 11.4 Å². The third-order valence-electron chi connectivity index (χ3n) is 4.03. The van der Waals surface area contributed by atoms with E-state index in [1.807, 2.05) is 0 Å². The quantitative estimate of drug-likeness (QED) is 0.879. The molecule has 0 amide bonds. The van der Waals surface area contributed by atoms with Gasteiger partial charge in [-0.2, -0.15) is 0 Å². The fraction of sp³-hybridized carbons (Fsp3) is 0.333. The lowest BCUT2D eigenvalue weighted by Crippen LogP contribution is -2.23. The van der Waals surface area contributed by atoms with E-state index in [4.69, 9.17) is 0 Å². The first-order chi connectivity index (χ1) is 9.74. The lowest BCUT2D eigenvalue weighted by atomic mass is 10.0.